The van der Waals surface area contributed by atoms with Gasteiger partial charge in [0.2, 0.25) is 0 Å². The molecule has 2 aromatic carbocycles. The van der Waals surface area contributed by atoms with Gasteiger partial charge in [-0.1, -0.05) is 6.07 Å². The molecule has 0 fully saturated rings. The maximum Gasteiger partial charge on any atom is 0.261 e. The Morgan fingerprint density at radius 2 is 1.89 bits per heavy atom. The topological polar surface area (TPSA) is 66.5 Å². The van der Waals surface area contributed by atoms with Crippen LogP contribution in [-0.2, 0) is 23.0 Å². The van der Waals surface area contributed by atoms with Gasteiger partial charge < -0.3 is 4.90 Å². The molecule has 0 saturated carbocycles. The number of nitrogens with zero attached hydrogens (tertiary/aromatic N) is 1. The molecule has 0 radical (unpaired) electrons. The Morgan fingerprint density at radius 3 is 2.68 bits per heavy atom. The predicted molar refractivity (Wildman–Crippen MR) is 106 cm³/mol. The minimum Gasteiger partial charge on any atom is -0.334 e. The second-order valence-electron chi connectivity index (χ2n) is 6.49. The summed E-state index contributed by atoms with van der Waals surface area (Å²) in [6.45, 7) is 1.14. The van der Waals surface area contributed by atoms with Gasteiger partial charge in [0.25, 0.3) is 15.9 Å². The number of halogens is 1. The summed E-state index contributed by atoms with van der Waals surface area (Å²) >= 11 is 1.69. The Labute approximate surface area is 166 Å². The number of hydrogen-bond donors (Lipinski definition) is 1. The van der Waals surface area contributed by atoms with Gasteiger partial charge in [0, 0.05) is 29.2 Å². The lowest BCUT2D eigenvalue weighted by atomic mass is 10.1. The number of fused-ring (bicyclic) bond motifs is 1. The first kappa shape index (κ1) is 18.6. The van der Waals surface area contributed by atoms with E-state index in [9.17, 15) is 17.6 Å². The van der Waals surface area contributed by atoms with Crippen LogP contribution in [0.4, 0.5) is 10.1 Å². The zero-order valence-electron chi connectivity index (χ0n) is 14.8. The van der Waals surface area contributed by atoms with Crippen LogP contribution in [0.1, 0.15) is 20.8 Å². The molecule has 0 atom stereocenters. The van der Waals surface area contributed by atoms with Crippen molar-refractivity contribution >= 4 is 33.0 Å². The van der Waals surface area contributed by atoms with Crippen molar-refractivity contribution in [3.8, 4) is 0 Å². The van der Waals surface area contributed by atoms with Crippen LogP contribution in [0.2, 0.25) is 0 Å². The van der Waals surface area contributed by atoms with E-state index in [1.807, 2.05) is 11.4 Å². The smallest absolute Gasteiger partial charge is 0.261 e. The number of carbonyl (C=O) groups excluding carboxylic acids is 1. The van der Waals surface area contributed by atoms with E-state index in [-0.39, 0.29) is 16.5 Å². The van der Waals surface area contributed by atoms with Crippen molar-refractivity contribution in [2.24, 2.45) is 0 Å². The number of rotatable bonds is 4. The minimum absolute atomic E-state index is 0.0177. The Bertz CT molecular complexity index is 1120. The Morgan fingerprint density at radius 1 is 1.11 bits per heavy atom. The molecule has 1 amide bonds. The monoisotopic (exact) mass is 416 g/mol. The van der Waals surface area contributed by atoms with Crippen molar-refractivity contribution in [1.82, 2.24) is 4.90 Å². The van der Waals surface area contributed by atoms with Gasteiger partial charge in [-0.25, -0.2) is 12.8 Å². The van der Waals surface area contributed by atoms with Gasteiger partial charge in [-0.2, -0.15) is 0 Å². The summed E-state index contributed by atoms with van der Waals surface area (Å²) in [6.07, 6.45) is 0.808. The lowest BCUT2D eigenvalue weighted by Gasteiger charge is -2.27. The van der Waals surface area contributed by atoms with Crippen LogP contribution >= 0.6 is 11.3 Å². The predicted octanol–water partition coefficient (Wildman–Crippen LogP) is 3.89. The van der Waals surface area contributed by atoms with E-state index < -0.39 is 15.8 Å². The number of thiophene rings is 1. The van der Waals surface area contributed by atoms with Crippen molar-refractivity contribution in [1.29, 1.82) is 0 Å². The van der Waals surface area contributed by atoms with Crippen molar-refractivity contribution in [2.75, 3.05) is 11.3 Å². The molecule has 28 heavy (non-hydrogen) atoms. The number of anilines is 1. The summed E-state index contributed by atoms with van der Waals surface area (Å²) in [5, 5.41) is 2.02. The van der Waals surface area contributed by atoms with Crippen molar-refractivity contribution in [3.63, 3.8) is 0 Å². The number of sulfonamides is 1. The molecule has 5 nitrogen and oxygen atoms in total. The van der Waals surface area contributed by atoms with Crippen LogP contribution in [-0.4, -0.2) is 25.8 Å². The fourth-order valence-electron chi connectivity index (χ4n) is 3.13. The second kappa shape index (κ2) is 7.37. The highest BCUT2D eigenvalue weighted by molar-refractivity contribution is 7.92. The zero-order chi connectivity index (χ0) is 19.7. The van der Waals surface area contributed by atoms with Crippen molar-refractivity contribution in [2.45, 2.75) is 17.9 Å². The SMILES string of the molecule is O=C(c1cccc(S(=O)(=O)Nc2ccc(F)cc2)c1)N1CCc2sccc2C1. The summed E-state index contributed by atoms with van der Waals surface area (Å²) in [5.74, 6) is -0.651. The van der Waals surface area contributed by atoms with E-state index >= 15 is 0 Å². The molecular weight excluding hydrogens is 399 g/mol. The molecule has 1 aliphatic rings. The number of carbonyl (C=O) groups is 1. The molecule has 1 aromatic heterocycles. The molecule has 0 bridgehead atoms. The first-order valence-corrected chi connectivity index (χ1v) is 11.0. The molecule has 0 unspecified atom stereocenters. The quantitative estimate of drug-likeness (QED) is 0.702. The van der Waals surface area contributed by atoms with Crippen LogP contribution in [0.3, 0.4) is 0 Å². The summed E-state index contributed by atoms with van der Waals surface area (Å²) in [6, 6.07) is 13.0. The second-order valence-corrected chi connectivity index (χ2v) is 9.17. The van der Waals surface area contributed by atoms with E-state index in [1.165, 1.54) is 41.3 Å². The van der Waals surface area contributed by atoms with Gasteiger partial charge in [-0.3, -0.25) is 9.52 Å². The standard InChI is InChI=1S/C20H17FN2O3S2/c21-16-4-6-17(7-5-16)22-28(25,26)18-3-1-2-14(12-18)20(24)23-10-8-19-15(13-23)9-11-27-19/h1-7,9,11-12,22H,8,10,13H2. The Balaban J connectivity index is 1.55. The number of hydrogen-bond acceptors (Lipinski definition) is 4. The fourth-order valence-corrected chi connectivity index (χ4v) is 5.13. The van der Waals surface area contributed by atoms with Crippen LogP contribution in [0, 0.1) is 5.82 Å². The Hall–Kier alpha value is -2.71. The van der Waals surface area contributed by atoms with Gasteiger partial charge in [0.1, 0.15) is 5.82 Å². The van der Waals surface area contributed by atoms with Crippen LogP contribution in [0.5, 0.6) is 0 Å². The molecule has 3 aromatic rings. The summed E-state index contributed by atoms with van der Waals surface area (Å²) in [4.78, 5) is 15.9. The highest BCUT2D eigenvalue weighted by Gasteiger charge is 2.24. The summed E-state index contributed by atoms with van der Waals surface area (Å²) < 4.78 is 40.7. The average Bonchev–Trinajstić information content (AvgIpc) is 3.17. The van der Waals surface area contributed by atoms with Gasteiger partial charge >= 0.3 is 0 Å². The normalized spacial score (nSPS) is 13.8. The Kier molecular flexibility index (Phi) is 4.91. The van der Waals surface area contributed by atoms with E-state index in [2.05, 4.69) is 4.72 Å². The van der Waals surface area contributed by atoms with Crippen molar-refractivity contribution in [3.05, 3.63) is 81.8 Å². The lowest BCUT2D eigenvalue weighted by molar-refractivity contribution is 0.0735. The minimum atomic E-state index is -3.89. The van der Waals surface area contributed by atoms with E-state index in [0.717, 1.165) is 12.0 Å². The van der Waals surface area contributed by atoms with Crippen molar-refractivity contribution < 1.29 is 17.6 Å². The largest absolute Gasteiger partial charge is 0.334 e. The molecule has 144 valence electrons. The molecule has 4 rings (SSSR count). The highest BCUT2D eigenvalue weighted by Crippen LogP contribution is 2.25. The molecule has 0 saturated heterocycles. The maximum atomic E-state index is 13.0. The molecular formula is C20H17FN2O3S2. The molecule has 0 spiro atoms. The molecule has 1 aliphatic heterocycles. The van der Waals surface area contributed by atoms with Gasteiger partial charge in [-0.15, -0.1) is 11.3 Å². The third-order valence-electron chi connectivity index (χ3n) is 4.58. The molecule has 2 heterocycles. The number of amides is 1. The summed E-state index contributed by atoms with van der Waals surface area (Å²) in [5.41, 5.74) is 1.71. The van der Waals surface area contributed by atoms with Crippen LogP contribution in [0.15, 0.2) is 64.9 Å². The highest BCUT2D eigenvalue weighted by atomic mass is 32.2. The van der Waals surface area contributed by atoms with Gasteiger partial charge in [0.05, 0.1) is 4.90 Å². The number of benzene rings is 2. The average molecular weight is 416 g/mol. The first-order valence-electron chi connectivity index (χ1n) is 8.65. The summed E-state index contributed by atoms with van der Waals surface area (Å²) in [7, 11) is -3.89. The molecule has 1 N–H and O–H groups in total. The maximum absolute atomic E-state index is 13.0. The third kappa shape index (κ3) is 3.79. The fraction of sp³-hybridized carbons (Fsp3) is 0.150. The van der Waals surface area contributed by atoms with E-state index in [4.69, 9.17) is 0 Å². The first-order chi connectivity index (χ1) is 13.4. The lowest BCUT2D eigenvalue weighted by Crippen LogP contribution is -2.35. The number of nitrogens with one attached hydrogen (secondary N) is 1. The van der Waals surface area contributed by atoms with Crippen LogP contribution in [0.25, 0.3) is 0 Å². The molecule has 8 heteroatoms. The third-order valence-corrected chi connectivity index (χ3v) is 6.98. The zero-order valence-corrected chi connectivity index (χ0v) is 16.4. The van der Waals surface area contributed by atoms with E-state index in [1.54, 1.807) is 28.4 Å². The van der Waals surface area contributed by atoms with E-state index in [0.29, 0.717) is 18.7 Å². The van der Waals surface area contributed by atoms with Gasteiger partial charge in [-0.05, 0) is 65.9 Å². The van der Waals surface area contributed by atoms with Crippen LogP contribution < -0.4 is 4.72 Å². The van der Waals surface area contributed by atoms with Gasteiger partial charge in [0.15, 0.2) is 0 Å². The molecule has 0 aliphatic carbocycles.